The third kappa shape index (κ3) is 3.85. The maximum Gasteiger partial charge on any atom is 0.263 e. The first-order valence-electron chi connectivity index (χ1n) is 7.59. The number of aromatic nitrogens is 1. The lowest BCUT2D eigenvalue weighted by molar-refractivity contribution is 0.0924. The zero-order valence-electron chi connectivity index (χ0n) is 14.3. The summed E-state index contributed by atoms with van der Waals surface area (Å²) in [4.78, 5) is 24.6. The van der Waals surface area contributed by atoms with Crippen LogP contribution in [0, 0.1) is 12.8 Å². The van der Waals surface area contributed by atoms with Crippen LogP contribution < -0.4 is 10.9 Å². The Bertz CT molecular complexity index is 785. The molecule has 1 amide bonds. The number of hydrogen-bond donors (Lipinski definition) is 1. The fraction of sp³-hybridized carbons (Fsp3) is 0.600. The second kappa shape index (κ2) is 7.04. The summed E-state index contributed by atoms with van der Waals surface area (Å²) in [6.07, 6.45) is 0. The van der Waals surface area contributed by atoms with Gasteiger partial charge in [-0.25, -0.2) is 12.7 Å². The van der Waals surface area contributed by atoms with Crippen molar-refractivity contribution < 1.29 is 17.9 Å². The first kappa shape index (κ1) is 18.6. The zero-order valence-corrected chi connectivity index (χ0v) is 15.1. The van der Waals surface area contributed by atoms with Crippen molar-refractivity contribution in [1.82, 2.24) is 14.2 Å². The number of ether oxygens (including phenoxy) is 1. The van der Waals surface area contributed by atoms with Crippen LogP contribution in [-0.4, -0.2) is 62.3 Å². The van der Waals surface area contributed by atoms with Crippen molar-refractivity contribution in [1.29, 1.82) is 0 Å². The van der Waals surface area contributed by atoms with E-state index in [0.717, 1.165) is 10.00 Å². The van der Waals surface area contributed by atoms with Gasteiger partial charge in [0.05, 0.1) is 25.0 Å². The van der Waals surface area contributed by atoms with Crippen molar-refractivity contribution in [3.8, 4) is 0 Å². The first-order valence-corrected chi connectivity index (χ1v) is 9.20. The van der Waals surface area contributed by atoms with Crippen LogP contribution in [-0.2, 0) is 21.8 Å². The van der Waals surface area contributed by atoms with Crippen molar-refractivity contribution in [2.24, 2.45) is 13.0 Å². The monoisotopic (exact) mass is 357 g/mol. The number of hydrogen-bond acceptors (Lipinski definition) is 5. The van der Waals surface area contributed by atoms with Gasteiger partial charge in [-0.3, -0.25) is 9.59 Å². The van der Waals surface area contributed by atoms with E-state index in [0.29, 0.717) is 0 Å². The van der Waals surface area contributed by atoms with E-state index in [2.05, 4.69) is 5.32 Å². The molecule has 1 aromatic rings. The van der Waals surface area contributed by atoms with Gasteiger partial charge in [-0.05, 0) is 19.1 Å². The number of aryl methyl sites for hydroxylation is 1. The number of rotatable bonds is 5. The van der Waals surface area contributed by atoms with Crippen molar-refractivity contribution in [3.63, 3.8) is 0 Å². The number of carbonyl (C=O) groups excluding carboxylic acids is 1. The Kier molecular flexibility index (Phi) is 5.46. The predicted octanol–water partition coefficient (Wildman–Crippen LogP) is -0.670. The highest BCUT2D eigenvalue weighted by molar-refractivity contribution is 7.89. The Balaban J connectivity index is 2.14. The molecule has 0 aromatic carbocycles. The minimum Gasteiger partial charge on any atom is -0.379 e. The number of nitrogens with zero attached hydrogens (tertiary/aromatic N) is 2. The average Bonchev–Trinajstić information content (AvgIpc) is 2.91. The Morgan fingerprint density at radius 3 is 2.67 bits per heavy atom. The minimum atomic E-state index is -3.40. The van der Waals surface area contributed by atoms with Crippen molar-refractivity contribution in [2.45, 2.75) is 13.0 Å². The highest BCUT2D eigenvalue weighted by atomic mass is 32.2. The maximum absolute atomic E-state index is 12.4. The lowest BCUT2D eigenvalue weighted by atomic mass is 10.1. The van der Waals surface area contributed by atoms with Gasteiger partial charge >= 0.3 is 0 Å². The van der Waals surface area contributed by atoms with Crippen LogP contribution in [0.2, 0.25) is 0 Å². The van der Waals surface area contributed by atoms with Gasteiger partial charge in [0.15, 0.2) is 0 Å². The Labute approximate surface area is 141 Å². The van der Waals surface area contributed by atoms with Crippen molar-refractivity contribution >= 4 is 15.9 Å². The lowest BCUT2D eigenvalue weighted by Gasteiger charge is -2.21. The van der Waals surface area contributed by atoms with Gasteiger partial charge < -0.3 is 14.6 Å². The summed E-state index contributed by atoms with van der Waals surface area (Å²) in [7, 11) is 1.13. The van der Waals surface area contributed by atoms with E-state index in [-0.39, 0.29) is 36.0 Å². The molecule has 0 unspecified atom stereocenters. The Morgan fingerprint density at radius 2 is 2.04 bits per heavy atom. The molecule has 24 heavy (non-hydrogen) atoms. The molecule has 2 rings (SSSR count). The molecule has 134 valence electrons. The molecule has 1 fully saturated rings. The summed E-state index contributed by atoms with van der Waals surface area (Å²) < 4.78 is 31.9. The predicted molar refractivity (Wildman–Crippen MR) is 89.5 cm³/mol. The molecular weight excluding hydrogens is 334 g/mol. The van der Waals surface area contributed by atoms with E-state index in [1.165, 1.54) is 24.7 Å². The van der Waals surface area contributed by atoms with Crippen LogP contribution in [0.4, 0.5) is 0 Å². The summed E-state index contributed by atoms with van der Waals surface area (Å²) in [5.41, 5.74) is 0.392. The topological polar surface area (TPSA) is 97.7 Å². The quantitative estimate of drug-likeness (QED) is 0.754. The van der Waals surface area contributed by atoms with Gasteiger partial charge in [-0.1, -0.05) is 0 Å². The molecule has 1 saturated heterocycles. The smallest absolute Gasteiger partial charge is 0.263 e. The van der Waals surface area contributed by atoms with E-state index in [4.69, 9.17) is 4.74 Å². The molecule has 1 N–H and O–H groups in total. The number of carbonyl (C=O) groups is 1. The van der Waals surface area contributed by atoms with Gasteiger partial charge in [0.2, 0.25) is 10.0 Å². The zero-order chi connectivity index (χ0) is 18.1. The van der Waals surface area contributed by atoms with Crippen LogP contribution in [0.1, 0.15) is 16.1 Å². The van der Waals surface area contributed by atoms with Gasteiger partial charge in [-0.2, -0.15) is 0 Å². The van der Waals surface area contributed by atoms with Gasteiger partial charge in [0, 0.05) is 32.8 Å². The fourth-order valence-electron chi connectivity index (χ4n) is 2.49. The third-order valence-electron chi connectivity index (χ3n) is 4.30. The molecule has 0 radical (unpaired) electrons. The molecule has 0 saturated carbocycles. The van der Waals surface area contributed by atoms with Crippen LogP contribution in [0.5, 0.6) is 0 Å². The van der Waals surface area contributed by atoms with Gasteiger partial charge in [0.25, 0.3) is 11.5 Å². The van der Waals surface area contributed by atoms with Crippen molar-refractivity contribution in [3.05, 3.63) is 33.7 Å². The molecule has 1 aromatic heterocycles. The van der Waals surface area contributed by atoms with Crippen LogP contribution in [0.3, 0.4) is 0 Å². The van der Waals surface area contributed by atoms with E-state index in [9.17, 15) is 18.0 Å². The second-order valence-electron chi connectivity index (χ2n) is 6.19. The van der Waals surface area contributed by atoms with Gasteiger partial charge in [-0.15, -0.1) is 0 Å². The lowest BCUT2D eigenvalue weighted by Crippen LogP contribution is -2.45. The summed E-state index contributed by atoms with van der Waals surface area (Å²) in [5.74, 6) is -0.981. The van der Waals surface area contributed by atoms with E-state index >= 15 is 0 Å². The number of nitrogens with one attached hydrogen (secondary N) is 1. The summed E-state index contributed by atoms with van der Waals surface area (Å²) in [6, 6.07) is 2.72. The Hall–Kier alpha value is -1.71. The normalized spacial score (nSPS) is 21.2. The number of pyridine rings is 1. The molecule has 0 aliphatic carbocycles. The summed E-state index contributed by atoms with van der Waals surface area (Å²) in [6.45, 7) is 2.26. The highest BCUT2D eigenvalue weighted by Gasteiger charge is 2.34. The van der Waals surface area contributed by atoms with Crippen molar-refractivity contribution in [2.75, 3.05) is 33.1 Å². The molecule has 1 aliphatic heterocycles. The second-order valence-corrected chi connectivity index (χ2v) is 8.42. The molecule has 9 heteroatoms. The standard InChI is InChI=1S/C15H23N3O5S/c1-10-5-6-12(15(20)18(10)4)14(19)16-13-8-23-7-11(13)9-24(21,22)17(2)3/h5-6,11,13H,7-9H2,1-4H3,(H,16,19)/t11-,13+/m0/s1. The van der Waals surface area contributed by atoms with E-state index in [1.807, 2.05) is 0 Å². The SMILES string of the molecule is Cc1ccc(C(=O)N[C@@H]2COC[C@H]2CS(=O)(=O)N(C)C)c(=O)n1C. The molecule has 1 aliphatic rings. The maximum atomic E-state index is 12.4. The fourth-order valence-corrected chi connectivity index (χ4v) is 3.66. The van der Waals surface area contributed by atoms with Gasteiger partial charge in [0.1, 0.15) is 5.56 Å². The number of sulfonamides is 1. The van der Waals surface area contributed by atoms with Crippen LogP contribution in [0.15, 0.2) is 16.9 Å². The average molecular weight is 357 g/mol. The Morgan fingerprint density at radius 1 is 1.38 bits per heavy atom. The molecule has 2 atom stereocenters. The number of amides is 1. The third-order valence-corrected chi connectivity index (χ3v) is 6.26. The highest BCUT2D eigenvalue weighted by Crippen LogP contribution is 2.17. The van der Waals surface area contributed by atoms with Crippen LogP contribution in [0.25, 0.3) is 0 Å². The first-order chi connectivity index (χ1) is 11.1. The largest absolute Gasteiger partial charge is 0.379 e. The molecule has 0 bridgehead atoms. The minimum absolute atomic E-state index is 0.0317. The molecular formula is C15H23N3O5S. The summed E-state index contributed by atoms with van der Waals surface area (Å²) in [5, 5.41) is 2.73. The molecule has 0 spiro atoms. The van der Waals surface area contributed by atoms with E-state index < -0.39 is 22.0 Å². The van der Waals surface area contributed by atoms with Crippen LogP contribution >= 0.6 is 0 Å². The molecule has 8 nitrogen and oxygen atoms in total. The molecule has 2 heterocycles. The van der Waals surface area contributed by atoms with E-state index in [1.54, 1.807) is 20.0 Å². The summed E-state index contributed by atoms with van der Waals surface area (Å²) >= 11 is 0.